The summed E-state index contributed by atoms with van der Waals surface area (Å²) in [6, 6.07) is 4.96. The summed E-state index contributed by atoms with van der Waals surface area (Å²) in [7, 11) is 1.31. The minimum absolute atomic E-state index is 0.272. The van der Waals surface area contributed by atoms with E-state index in [1.165, 1.54) is 13.2 Å². The van der Waals surface area contributed by atoms with E-state index in [0.29, 0.717) is 35.5 Å². The van der Waals surface area contributed by atoms with Crippen LogP contribution in [0, 0.1) is 17.8 Å². The van der Waals surface area contributed by atoms with Crippen LogP contribution >= 0.6 is 0 Å². The summed E-state index contributed by atoms with van der Waals surface area (Å²) < 4.78 is 6.65. The second kappa shape index (κ2) is 7.61. The lowest BCUT2D eigenvalue weighted by Gasteiger charge is -2.12. The third-order valence-electron chi connectivity index (χ3n) is 5.96. The molecule has 0 spiro atoms. The van der Waals surface area contributed by atoms with Gasteiger partial charge in [0.25, 0.3) is 0 Å². The van der Waals surface area contributed by atoms with Crippen molar-refractivity contribution in [2.24, 2.45) is 22.9 Å². The number of esters is 1. The molecule has 0 amide bonds. The summed E-state index contributed by atoms with van der Waals surface area (Å²) in [5, 5.41) is 21.8. The zero-order chi connectivity index (χ0) is 19.7. The molecule has 2 aliphatic rings. The lowest BCUT2D eigenvalue weighted by Crippen LogP contribution is -2.10. The van der Waals surface area contributed by atoms with Gasteiger partial charge in [0, 0.05) is 17.2 Å². The van der Waals surface area contributed by atoms with Gasteiger partial charge in [-0.25, -0.2) is 9.48 Å². The molecule has 2 aliphatic carbocycles. The molecule has 9 heteroatoms. The molecule has 0 unspecified atom stereocenters. The van der Waals surface area contributed by atoms with Crippen molar-refractivity contribution < 1.29 is 14.6 Å². The van der Waals surface area contributed by atoms with Gasteiger partial charge < -0.3 is 9.84 Å². The quantitative estimate of drug-likeness (QED) is 0.368. The molecule has 1 saturated carbocycles. The van der Waals surface area contributed by atoms with Gasteiger partial charge in [-0.15, -0.1) is 5.10 Å². The number of carbonyl (C=O) groups excluding carboxylic acids is 1. The Labute approximate surface area is 161 Å². The van der Waals surface area contributed by atoms with Crippen molar-refractivity contribution in [2.45, 2.75) is 32.2 Å². The number of aliphatic hydroxyl groups is 1. The van der Waals surface area contributed by atoms with E-state index >= 15 is 0 Å². The van der Waals surface area contributed by atoms with Gasteiger partial charge in [0.15, 0.2) is 0 Å². The Kier molecular flexibility index (Phi) is 5.02. The van der Waals surface area contributed by atoms with E-state index in [4.69, 9.17) is 10.3 Å². The van der Waals surface area contributed by atoms with Crippen LogP contribution in [0.3, 0.4) is 0 Å². The molecule has 0 bridgehead atoms. The van der Waals surface area contributed by atoms with E-state index in [0.717, 1.165) is 42.6 Å². The Bertz CT molecular complexity index is 949. The Morgan fingerprint density at radius 2 is 2.14 bits per heavy atom. The first kappa shape index (κ1) is 18.5. The summed E-state index contributed by atoms with van der Waals surface area (Å²) in [6.07, 6.45) is 3.82. The van der Waals surface area contributed by atoms with Gasteiger partial charge in [0.1, 0.15) is 0 Å². The predicted molar refractivity (Wildman–Crippen MR) is 99.9 cm³/mol. The Hall–Kier alpha value is -2.90. The minimum Gasteiger partial charge on any atom is -0.465 e. The van der Waals surface area contributed by atoms with Crippen LogP contribution in [0.5, 0.6) is 0 Å². The van der Waals surface area contributed by atoms with Crippen molar-refractivity contribution in [3.8, 4) is 0 Å². The zero-order valence-electron chi connectivity index (χ0n) is 15.7. The molecule has 28 heavy (non-hydrogen) atoms. The van der Waals surface area contributed by atoms with Gasteiger partial charge in [0.05, 0.1) is 30.6 Å². The van der Waals surface area contributed by atoms with Crippen molar-refractivity contribution in [2.75, 3.05) is 13.7 Å². The van der Waals surface area contributed by atoms with Crippen LogP contribution in [-0.4, -0.2) is 39.8 Å². The van der Waals surface area contributed by atoms with Crippen LogP contribution in [0.4, 0.5) is 5.69 Å². The summed E-state index contributed by atoms with van der Waals surface area (Å²) in [5.74, 6) is 1.17. The maximum absolute atomic E-state index is 11.9. The molecule has 0 radical (unpaired) electrons. The molecule has 1 aromatic carbocycles. The average Bonchev–Trinajstić information content (AvgIpc) is 3.22. The third-order valence-corrected chi connectivity index (χ3v) is 5.96. The highest BCUT2D eigenvalue weighted by Crippen LogP contribution is 2.52. The smallest absolute Gasteiger partial charge is 0.337 e. The van der Waals surface area contributed by atoms with E-state index in [1.807, 2.05) is 4.68 Å². The Morgan fingerprint density at radius 1 is 1.36 bits per heavy atom. The van der Waals surface area contributed by atoms with E-state index in [2.05, 4.69) is 20.3 Å². The second-order valence-electron chi connectivity index (χ2n) is 7.46. The lowest BCUT2D eigenvalue weighted by molar-refractivity contribution is 0.0600. The maximum Gasteiger partial charge on any atom is 0.337 e. The number of aromatic nitrogens is 3. The van der Waals surface area contributed by atoms with Crippen molar-refractivity contribution in [1.82, 2.24) is 15.0 Å². The van der Waals surface area contributed by atoms with Gasteiger partial charge in [-0.3, -0.25) is 0 Å². The van der Waals surface area contributed by atoms with Crippen LogP contribution in [0.25, 0.3) is 10.4 Å². The Balaban J connectivity index is 1.60. The fourth-order valence-electron chi connectivity index (χ4n) is 4.50. The molecule has 4 rings (SSSR count). The van der Waals surface area contributed by atoms with Crippen molar-refractivity contribution in [1.29, 1.82) is 0 Å². The standard InChI is InChI=1S/C19H22N6O3/c1-28-19(27)12-6-11(7-13(8-12)21-23-20)9-25-18-5-3-15-14(16(15)10-26)2-4-17(18)22-24-25/h6-8,14-16,26H,2-5,9-10H2,1H3/t14-,15+,16+/m1/s1. The van der Waals surface area contributed by atoms with Crippen LogP contribution in [0.15, 0.2) is 23.3 Å². The largest absolute Gasteiger partial charge is 0.465 e. The normalized spacial score (nSPS) is 22.9. The van der Waals surface area contributed by atoms with Crippen LogP contribution in [-0.2, 0) is 24.1 Å². The highest BCUT2D eigenvalue weighted by Gasteiger charge is 2.49. The number of ether oxygens (including phenoxy) is 1. The fraction of sp³-hybridized carbons (Fsp3) is 0.526. The topological polar surface area (TPSA) is 126 Å². The molecular formula is C19H22N6O3. The molecular weight excluding hydrogens is 360 g/mol. The summed E-state index contributed by atoms with van der Waals surface area (Å²) in [6.45, 7) is 0.701. The first-order valence-corrected chi connectivity index (χ1v) is 9.44. The van der Waals surface area contributed by atoms with Crippen molar-refractivity contribution in [3.05, 3.63) is 51.2 Å². The number of rotatable bonds is 5. The molecule has 1 fully saturated rings. The summed E-state index contributed by atoms with van der Waals surface area (Å²) >= 11 is 0. The number of benzene rings is 1. The van der Waals surface area contributed by atoms with Gasteiger partial charge in [-0.2, -0.15) is 0 Å². The number of aryl methyl sites for hydroxylation is 1. The van der Waals surface area contributed by atoms with Gasteiger partial charge in [-0.1, -0.05) is 10.3 Å². The number of nitrogens with zero attached hydrogens (tertiary/aromatic N) is 6. The van der Waals surface area contributed by atoms with E-state index in [-0.39, 0.29) is 6.61 Å². The van der Waals surface area contributed by atoms with Crippen LogP contribution in [0.1, 0.15) is 40.2 Å². The van der Waals surface area contributed by atoms with Crippen LogP contribution in [0.2, 0.25) is 0 Å². The monoisotopic (exact) mass is 382 g/mol. The Morgan fingerprint density at radius 3 is 2.86 bits per heavy atom. The molecule has 146 valence electrons. The fourth-order valence-corrected chi connectivity index (χ4v) is 4.50. The van der Waals surface area contributed by atoms with Gasteiger partial charge in [0.2, 0.25) is 0 Å². The molecule has 0 saturated heterocycles. The molecule has 0 aliphatic heterocycles. The number of fused-ring (bicyclic) bond motifs is 2. The highest BCUT2D eigenvalue weighted by atomic mass is 16.5. The van der Waals surface area contributed by atoms with Crippen molar-refractivity contribution >= 4 is 11.7 Å². The minimum atomic E-state index is -0.486. The molecule has 1 N–H and O–H groups in total. The SMILES string of the molecule is COC(=O)c1cc(Cn2nnc3c2CC[C@@H]2[C@@H](CO)[C@@H]2CC3)cc(N=[N+]=[N-])c1. The van der Waals surface area contributed by atoms with Gasteiger partial charge in [-0.05, 0) is 72.7 Å². The highest BCUT2D eigenvalue weighted by molar-refractivity contribution is 5.90. The maximum atomic E-state index is 11.9. The predicted octanol–water partition coefficient (Wildman–Crippen LogP) is 2.79. The summed E-state index contributed by atoms with van der Waals surface area (Å²) in [5.41, 5.74) is 12.3. The average molecular weight is 382 g/mol. The van der Waals surface area contributed by atoms with Crippen LogP contribution < -0.4 is 0 Å². The first-order chi connectivity index (χ1) is 13.6. The molecule has 9 nitrogen and oxygen atoms in total. The second-order valence-corrected chi connectivity index (χ2v) is 7.46. The van der Waals surface area contributed by atoms with E-state index in [9.17, 15) is 9.90 Å². The summed E-state index contributed by atoms with van der Waals surface area (Å²) in [4.78, 5) is 14.7. The van der Waals surface area contributed by atoms with Crippen molar-refractivity contribution in [3.63, 3.8) is 0 Å². The molecule has 1 aromatic heterocycles. The van der Waals surface area contributed by atoms with E-state index < -0.39 is 5.97 Å². The van der Waals surface area contributed by atoms with E-state index in [1.54, 1.807) is 12.1 Å². The molecule has 1 heterocycles. The lowest BCUT2D eigenvalue weighted by atomic mass is 10.0. The molecule has 2 aromatic rings. The third kappa shape index (κ3) is 3.46. The molecule has 3 atom stereocenters. The number of aliphatic hydroxyl groups excluding tert-OH is 1. The first-order valence-electron chi connectivity index (χ1n) is 9.44. The number of azide groups is 1. The number of hydrogen-bond acceptors (Lipinski definition) is 6. The number of hydrogen-bond donors (Lipinski definition) is 1. The van der Waals surface area contributed by atoms with Gasteiger partial charge >= 0.3 is 5.97 Å². The zero-order valence-corrected chi connectivity index (χ0v) is 15.7. The number of carbonyl (C=O) groups is 1. The number of methoxy groups -OCH3 is 1.